The first kappa shape index (κ1) is 23.9. The van der Waals surface area contributed by atoms with Crippen molar-refractivity contribution in [2.24, 2.45) is 0 Å². The first-order valence-electron chi connectivity index (χ1n) is 10.6. The lowest BCUT2D eigenvalue weighted by atomic mass is 10.1. The topological polar surface area (TPSA) is 164 Å². The summed E-state index contributed by atoms with van der Waals surface area (Å²) in [6, 6.07) is 13.0. The van der Waals surface area contributed by atoms with Crippen LogP contribution in [0.4, 0.5) is 11.4 Å². The number of nitrogens with one attached hydrogen (secondary N) is 2. The fourth-order valence-corrected chi connectivity index (χ4v) is 3.58. The number of hydrogen-bond acceptors (Lipinski definition) is 9. The molecule has 3 N–H and O–H groups in total. The van der Waals surface area contributed by atoms with Crippen LogP contribution in [0.15, 0.2) is 57.8 Å². The van der Waals surface area contributed by atoms with Crippen LogP contribution in [-0.4, -0.2) is 65.5 Å². The third kappa shape index (κ3) is 5.45. The van der Waals surface area contributed by atoms with Crippen LogP contribution in [-0.2, 0) is 30.3 Å². The van der Waals surface area contributed by atoms with Crippen LogP contribution in [0.1, 0.15) is 5.56 Å². The van der Waals surface area contributed by atoms with E-state index in [2.05, 4.69) is 24.7 Å². The maximum atomic E-state index is 13.0. The molecule has 12 nitrogen and oxygen atoms in total. The lowest BCUT2D eigenvalue weighted by molar-refractivity contribution is -0.150. The van der Waals surface area contributed by atoms with Gasteiger partial charge in [-0.1, -0.05) is 17.3 Å². The number of esters is 1. The van der Waals surface area contributed by atoms with Gasteiger partial charge in [-0.05, 0) is 42.0 Å². The van der Waals surface area contributed by atoms with Crippen molar-refractivity contribution in [2.75, 3.05) is 30.5 Å². The Morgan fingerprint density at radius 1 is 1.26 bits per heavy atom. The van der Waals surface area contributed by atoms with Gasteiger partial charge in [0.25, 0.3) is 11.8 Å². The first-order valence-corrected chi connectivity index (χ1v) is 10.6. The van der Waals surface area contributed by atoms with Crippen molar-refractivity contribution in [2.45, 2.75) is 18.6 Å². The molecule has 12 heteroatoms. The Morgan fingerprint density at radius 3 is 2.71 bits per heavy atom. The minimum absolute atomic E-state index is 0.0445. The van der Waals surface area contributed by atoms with E-state index >= 15 is 0 Å². The highest BCUT2D eigenvalue weighted by atomic mass is 16.5. The quantitative estimate of drug-likeness (QED) is 0.406. The molecule has 2 heterocycles. The number of benzene rings is 2. The summed E-state index contributed by atoms with van der Waals surface area (Å²) in [5.41, 5.74) is 2.06. The molecular weight excluding hydrogens is 460 g/mol. The Labute approximate surface area is 198 Å². The summed E-state index contributed by atoms with van der Waals surface area (Å²) in [4.78, 5) is 52.1. The molecule has 0 radical (unpaired) electrons. The van der Waals surface area contributed by atoms with E-state index in [0.29, 0.717) is 22.5 Å². The zero-order valence-electron chi connectivity index (χ0n) is 18.6. The van der Waals surface area contributed by atoms with Gasteiger partial charge >= 0.3 is 11.7 Å². The predicted molar refractivity (Wildman–Crippen MR) is 121 cm³/mol. The van der Waals surface area contributed by atoms with Gasteiger partial charge in [0.15, 0.2) is 18.0 Å². The summed E-state index contributed by atoms with van der Waals surface area (Å²) in [5.74, 6) is -2.29. The van der Waals surface area contributed by atoms with Crippen LogP contribution in [0.5, 0.6) is 0 Å². The monoisotopic (exact) mass is 482 g/mol. The smallest absolute Gasteiger partial charge is 0.439 e. The van der Waals surface area contributed by atoms with Gasteiger partial charge in [0.05, 0.1) is 20.1 Å². The SMILES string of the molecule is COC(=O)Cc1cccc(N2CCOC(C(O)C(=O)Nc3ccc(-c4noc(=O)[nH]4)cc3)C2=O)c1. The van der Waals surface area contributed by atoms with Gasteiger partial charge in [-0.3, -0.25) is 23.9 Å². The number of H-pyrrole nitrogens is 1. The molecular formula is C23H22N4O8. The summed E-state index contributed by atoms with van der Waals surface area (Å²) in [5, 5.41) is 16.7. The van der Waals surface area contributed by atoms with Gasteiger partial charge in [0.1, 0.15) is 0 Å². The number of carbonyl (C=O) groups excluding carboxylic acids is 3. The summed E-state index contributed by atoms with van der Waals surface area (Å²) >= 11 is 0. The Balaban J connectivity index is 1.42. The predicted octanol–water partition coefficient (Wildman–Crippen LogP) is 0.477. The van der Waals surface area contributed by atoms with Gasteiger partial charge in [0, 0.05) is 23.5 Å². The number of ether oxygens (including phenoxy) is 2. The highest BCUT2D eigenvalue weighted by Gasteiger charge is 2.39. The number of methoxy groups -OCH3 is 1. The van der Waals surface area contributed by atoms with E-state index in [1.807, 2.05) is 0 Å². The summed E-state index contributed by atoms with van der Waals surface area (Å²) in [6.45, 7) is 0.323. The van der Waals surface area contributed by atoms with Crippen LogP contribution in [0.3, 0.4) is 0 Å². The molecule has 2 aromatic carbocycles. The molecule has 1 aliphatic rings. The molecule has 3 aromatic rings. The zero-order chi connectivity index (χ0) is 24.9. The maximum absolute atomic E-state index is 13.0. The molecule has 0 spiro atoms. The molecule has 1 saturated heterocycles. The number of hydrogen-bond donors (Lipinski definition) is 3. The van der Waals surface area contributed by atoms with Gasteiger partial charge in [0.2, 0.25) is 0 Å². The molecule has 2 unspecified atom stereocenters. The zero-order valence-corrected chi connectivity index (χ0v) is 18.6. The van der Waals surface area contributed by atoms with Gasteiger partial charge < -0.3 is 24.8 Å². The number of amides is 2. The van der Waals surface area contributed by atoms with Crippen molar-refractivity contribution >= 4 is 29.2 Å². The minimum atomic E-state index is -1.77. The number of nitrogens with zero attached hydrogens (tertiary/aromatic N) is 2. The van der Waals surface area contributed by atoms with Crippen molar-refractivity contribution in [3.63, 3.8) is 0 Å². The largest absolute Gasteiger partial charge is 0.469 e. The highest BCUT2D eigenvalue weighted by molar-refractivity contribution is 6.03. The normalized spacial score (nSPS) is 16.6. The second-order valence-electron chi connectivity index (χ2n) is 7.66. The van der Waals surface area contributed by atoms with E-state index in [1.165, 1.54) is 24.1 Å². The number of morpholine rings is 1. The molecule has 1 aliphatic heterocycles. The molecule has 2 amide bonds. The van der Waals surface area contributed by atoms with E-state index in [4.69, 9.17) is 4.74 Å². The summed E-state index contributed by atoms with van der Waals surface area (Å²) in [7, 11) is 1.29. The average molecular weight is 482 g/mol. The number of anilines is 2. The van der Waals surface area contributed by atoms with Crippen molar-refractivity contribution < 1.29 is 33.5 Å². The van der Waals surface area contributed by atoms with Crippen LogP contribution >= 0.6 is 0 Å². The standard InChI is InChI=1S/C23H22N4O8/c1-33-17(28)12-13-3-2-4-16(11-13)27-9-10-34-19(22(27)31)18(29)21(30)24-15-7-5-14(6-8-15)20-25-23(32)35-26-20/h2-8,11,18-19,29H,9-10,12H2,1H3,(H,24,30)(H,25,26,32). The van der Waals surface area contributed by atoms with Gasteiger partial charge in [-0.25, -0.2) is 4.79 Å². The highest BCUT2D eigenvalue weighted by Crippen LogP contribution is 2.23. The third-order valence-corrected chi connectivity index (χ3v) is 5.34. The van der Waals surface area contributed by atoms with Crippen molar-refractivity contribution in [3.8, 4) is 11.4 Å². The van der Waals surface area contributed by atoms with Crippen LogP contribution in [0.25, 0.3) is 11.4 Å². The molecule has 1 fully saturated rings. The first-order chi connectivity index (χ1) is 16.9. The molecule has 1 aromatic heterocycles. The number of carbonyl (C=O) groups is 3. The number of aromatic amines is 1. The number of aliphatic hydroxyl groups is 1. The Morgan fingerprint density at radius 2 is 2.03 bits per heavy atom. The Bertz CT molecular complexity index is 1280. The van der Waals surface area contributed by atoms with E-state index < -0.39 is 35.7 Å². The summed E-state index contributed by atoms with van der Waals surface area (Å²) < 4.78 is 14.6. The lowest BCUT2D eigenvalue weighted by Gasteiger charge is -2.34. The summed E-state index contributed by atoms with van der Waals surface area (Å²) in [6.07, 6.45) is -3.13. The third-order valence-electron chi connectivity index (χ3n) is 5.34. The average Bonchev–Trinajstić information content (AvgIpc) is 3.30. The van der Waals surface area contributed by atoms with Crippen molar-refractivity contribution in [3.05, 3.63) is 64.6 Å². The van der Waals surface area contributed by atoms with Crippen LogP contribution < -0.4 is 16.0 Å². The van der Waals surface area contributed by atoms with Gasteiger partial charge in [-0.2, -0.15) is 0 Å². The van der Waals surface area contributed by atoms with Gasteiger partial charge in [-0.15, -0.1) is 0 Å². The van der Waals surface area contributed by atoms with E-state index in [0.717, 1.165) is 0 Å². The minimum Gasteiger partial charge on any atom is -0.469 e. The fourth-order valence-electron chi connectivity index (χ4n) is 3.58. The van der Waals surface area contributed by atoms with Crippen molar-refractivity contribution in [1.29, 1.82) is 0 Å². The molecule has 35 heavy (non-hydrogen) atoms. The Hall–Kier alpha value is -4.29. The molecule has 182 valence electrons. The fraction of sp³-hybridized carbons (Fsp3) is 0.261. The van der Waals surface area contributed by atoms with E-state index in [9.17, 15) is 24.3 Å². The number of aliphatic hydroxyl groups excluding tert-OH is 1. The lowest BCUT2D eigenvalue weighted by Crippen LogP contribution is -2.55. The maximum Gasteiger partial charge on any atom is 0.439 e. The number of aromatic nitrogens is 2. The van der Waals surface area contributed by atoms with Crippen LogP contribution in [0.2, 0.25) is 0 Å². The molecule has 0 saturated carbocycles. The molecule has 2 atom stereocenters. The van der Waals surface area contributed by atoms with E-state index in [1.54, 1.807) is 36.4 Å². The van der Waals surface area contributed by atoms with Crippen LogP contribution in [0, 0.1) is 0 Å². The molecule has 4 rings (SSSR count). The second kappa shape index (κ2) is 10.3. The second-order valence-corrected chi connectivity index (χ2v) is 7.66. The Kier molecular flexibility index (Phi) is 7.03. The van der Waals surface area contributed by atoms with Crippen molar-refractivity contribution in [1.82, 2.24) is 10.1 Å². The number of rotatable bonds is 7. The molecule has 0 bridgehead atoms. The molecule has 0 aliphatic carbocycles. The van der Waals surface area contributed by atoms with E-state index in [-0.39, 0.29) is 25.4 Å².